The predicted molar refractivity (Wildman–Crippen MR) is 144 cm³/mol. The van der Waals surface area contributed by atoms with Crippen LogP contribution in [-0.2, 0) is 4.79 Å². The highest BCUT2D eigenvalue weighted by molar-refractivity contribution is 7.80. The Morgan fingerprint density at radius 3 is 1.44 bits per heavy atom. The van der Waals surface area contributed by atoms with Gasteiger partial charge in [0.05, 0.1) is 0 Å². The zero-order valence-electron chi connectivity index (χ0n) is 20.1. The lowest BCUT2D eigenvalue weighted by atomic mass is 10.1. The second-order valence-electron chi connectivity index (χ2n) is 8.47. The summed E-state index contributed by atoms with van der Waals surface area (Å²) in [5, 5.41) is 17.0. The number of hydrogen-bond donors (Lipinski definition) is 1. The van der Waals surface area contributed by atoms with Gasteiger partial charge in [0.25, 0.3) is 0 Å². The van der Waals surface area contributed by atoms with Gasteiger partial charge in [-0.15, -0.1) is 0 Å². The number of benzene rings is 5. The summed E-state index contributed by atoms with van der Waals surface area (Å²) in [6.07, 6.45) is -4.72. The van der Waals surface area contributed by atoms with Crippen LogP contribution in [0.1, 0.15) is 0 Å². The van der Waals surface area contributed by atoms with Gasteiger partial charge in [-0.25, -0.2) is 13.6 Å². The standard InChI is InChI=1S/C26H19P.C4H2F6O2/c1-2-14-22(15-3-1)27(25-18-8-12-20-10-4-6-16-23(20)25)26-19-9-13-21-11-5-7-17-24(21)26;5-1(6)3(7,8)4(9,10)2(11)12/h1-19H;1H,(H,11,12). The van der Waals surface area contributed by atoms with Crippen LogP contribution in [0.5, 0.6) is 0 Å². The maximum atomic E-state index is 11.7. The molecule has 0 aliphatic heterocycles. The molecule has 0 saturated carbocycles. The second-order valence-corrected chi connectivity index (χ2v) is 10.6. The van der Waals surface area contributed by atoms with Crippen LogP contribution in [0.15, 0.2) is 115 Å². The van der Waals surface area contributed by atoms with E-state index in [0.717, 1.165) is 0 Å². The molecule has 0 aliphatic rings. The molecule has 0 heterocycles. The normalized spacial score (nSPS) is 12.0. The molecule has 0 unspecified atom stereocenters. The van der Waals surface area contributed by atoms with Gasteiger partial charge in [0.15, 0.2) is 0 Å². The molecule has 9 heteroatoms. The first-order chi connectivity index (χ1) is 18.6. The van der Waals surface area contributed by atoms with Crippen molar-refractivity contribution in [3.05, 3.63) is 115 Å². The Labute approximate surface area is 221 Å². The summed E-state index contributed by atoms with van der Waals surface area (Å²) in [6, 6.07) is 41.8. The molecule has 0 atom stereocenters. The van der Waals surface area contributed by atoms with Crippen molar-refractivity contribution in [3.63, 3.8) is 0 Å². The van der Waals surface area contributed by atoms with Gasteiger partial charge < -0.3 is 5.11 Å². The monoisotopic (exact) mass is 558 g/mol. The van der Waals surface area contributed by atoms with Gasteiger partial charge >= 0.3 is 24.2 Å². The van der Waals surface area contributed by atoms with Crippen LogP contribution in [0, 0.1) is 0 Å². The van der Waals surface area contributed by atoms with E-state index in [1.807, 2.05) is 0 Å². The summed E-state index contributed by atoms with van der Waals surface area (Å²) in [5.74, 6) is -14.9. The van der Waals surface area contributed by atoms with Crippen LogP contribution < -0.4 is 15.9 Å². The molecular formula is C30H21F6O2P. The van der Waals surface area contributed by atoms with E-state index in [9.17, 15) is 31.1 Å². The Hall–Kier alpha value is -3.90. The number of carboxylic acids is 1. The molecule has 5 aromatic rings. The molecule has 5 rings (SSSR count). The van der Waals surface area contributed by atoms with Gasteiger partial charge in [0, 0.05) is 0 Å². The Bertz CT molecular complexity index is 1500. The zero-order valence-corrected chi connectivity index (χ0v) is 21.0. The fourth-order valence-corrected chi connectivity index (χ4v) is 6.72. The van der Waals surface area contributed by atoms with Crippen LogP contribution in [0.2, 0.25) is 0 Å². The number of halogens is 6. The van der Waals surface area contributed by atoms with E-state index in [2.05, 4.69) is 115 Å². The third kappa shape index (κ3) is 5.62. The Kier molecular flexibility index (Phi) is 8.26. The average molecular weight is 558 g/mol. The fraction of sp³-hybridized carbons (Fsp3) is 0.100. The highest BCUT2D eigenvalue weighted by Gasteiger charge is 2.68. The lowest BCUT2D eigenvalue weighted by Gasteiger charge is -2.22. The largest absolute Gasteiger partial charge is 0.477 e. The highest BCUT2D eigenvalue weighted by Crippen LogP contribution is 2.39. The van der Waals surface area contributed by atoms with Gasteiger partial charge in [-0.3, -0.25) is 0 Å². The molecule has 200 valence electrons. The van der Waals surface area contributed by atoms with E-state index in [0.29, 0.717) is 0 Å². The quantitative estimate of drug-likeness (QED) is 0.175. The molecule has 5 aromatic carbocycles. The summed E-state index contributed by atoms with van der Waals surface area (Å²) in [4.78, 5) is 9.41. The van der Waals surface area contributed by atoms with Crippen LogP contribution in [0.25, 0.3) is 21.5 Å². The van der Waals surface area contributed by atoms with E-state index in [1.54, 1.807) is 0 Å². The molecule has 0 bridgehead atoms. The molecule has 2 nitrogen and oxygen atoms in total. The summed E-state index contributed by atoms with van der Waals surface area (Å²) in [5.41, 5.74) is 0. The maximum absolute atomic E-state index is 11.7. The molecule has 0 amide bonds. The fourth-order valence-electron chi connectivity index (χ4n) is 4.07. The van der Waals surface area contributed by atoms with E-state index in [-0.39, 0.29) is 0 Å². The second kappa shape index (κ2) is 11.5. The zero-order chi connectivity index (χ0) is 28.2. The topological polar surface area (TPSA) is 37.3 Å². The van der Waals surface area contributed by atoms with E-state index >= 15 is 0 Å². The number of alkyl halides is 6. The van der Waals surface area contributed by atoms with Crippen molar-refractivity contribution in [2.75, 3.05) is 0 Å². The van der Waals surface area contributed by atoms with Gasteiger partial charge in [-0.1, -0.05) is 115 Å². The predicted octanol–water partition coefficient (Wildman–Crippen LogP) is 7.36. The van der Waals surface area contributed by atoms with E-state index in [4.69, 9.17) is 5.11 Å². The molecule has 39 heavy (non-hydrogen) atoms. The average Bonchev–Trinajstić information content (AvgIpc) is 2.94. The van der Waals surface area contributed by atoms with Crippen molar-refractivity contribution in [1.29, 1.82) is 0 Å². The van der Waals surface area contributed by atoms with Gasteiger partial charge in [0.2, 0.25) is 0 Å². The number of hydrogen-bond acceptors (Lipinski definition) is 1. The molecular weight excluding hydrogens is 537 g/mol. The number of fused-ring (bicyclic) bond motifs is 2. The molecule has 0 fully saturated rings. The third-order valence-electron chi connectivity index (χ3n) is 5.99. The molecule has 0 aromatic heterocycles. The van der Waals surface area contributed by atoms with Crippen molar-refractivity contribution < 1.29 is 36.2 Å². The number of rotatable bonds is 6. The van der Waals surface area contributed by atoms with Crippen LogP contribution in [0.4, 0.5) is 26.3 Å². The van der Waals surface area contributed by atoms with Crippen LogP contribution in [0.3, 0.4) is 0 Å². The van der Waals surface area contributed by atoms with Crippen molar-refractivity contribution in [3.8, 4) is 0 Å². The third-order valence-corrected chi connectivity index (χ3v) is 8.55. The van der Waals surface area contributed by atoms with Gasteiger partial charge in [0.1, 0.15) is 0 Å². The van der Waals surface area contributed by atoms with Crippen molar-refractivity contribution in [2.45, 2.75) is 18.3 Å². The molecule has 0 spiro atoms. The van der Waals surface area contributed by atoms with E-state index < -0.39 is 32.2 Å². The van der Waals surface area contributed by atoms with Crippen molar-refractivity contribution >= 4 is 51.3 Å². The summed E-state index contributed by atoms with van der Waals surface area (Å²) in [6.45, 7) is 0. The summed E-state index contributed by atoms with van der Waals surface area (Å²) in [7, 11) is -0.646. The molecule has 0 saturated heterocycles. The van der Waals surface area contributed by atoms with Crippen molar-refractivity contribution in [1.82, 2.24) is 0 Å². The van der Waals surface area contributed by atoms with E-state index in [1.165, 1.54) is 37.5 Å². The highest BCUT2D eigenvalue weighted by atomic mass is 31.1. The van der Waals surface area contributed by atoms with Gasteiger partial charge in [-0.2, -0.15) is 17.6 Å². The number of carbonyl (C=O) groups is 1. The lowest BCUT2D eigenvalue weighted by Crippen LogP contribution is -2.51. The van der Waals surface area contributed by atoms with Crippen LogP contribution in [-0.4, -0.2) is 29.3 Å². The SMILES string of the molecule is O=C(O)C(F)(F)C(F)(F)C(F)F.c1ccc(P(c2cccc3ccccc23)c2cccc3ccccc23)cc1. The minimum atomic E-state index is -5.85. The Morgan fingerprint density at radius 1 is 0.615 bits per heavy atom. The first kappa shape index (κ1) is 28.1. The summed E-state index contributed by atoms with van der Waals surface area (Å²) >= 11 is 0. The number of carboxylic acid groups (broad SMARTS) is 1. The van der Waals surface area contributed by atoms with Crippen LogP contribution >= 0.6 is 7.92 Å². The van der Waals surface area contributed by atoms with Gasteiger partial charge in [-0.05, 0) is 45.4 Å². The minimum absolute atomic E-state index is 0.646. The Morgan fingerprint density at radius 2 is 1.03 bits per heavy atom. The first-order valence-electron chi connectivity index (χ1n) is 11.6. The smallest absolute Gasteiger partial charge is 0.410 e. The number of aliphatic carboxylic acids is 1. The molecule has 1 N–H and O–H groups in total. The maximum Gasteiger partial charge on any atom is 0.410 e. The summed E-state index contributed by atoms with van der Waals surface area (Å²) < 4.78 is 69.2. The van der Waals surface area contributed by atoms with Crippen molar-refractivity contribution in [2.24, 2.45) is 0 Å². The molecule has 0 aliphatic carbocycles. The molecule has 0 radical (unpaired) electrons. The minimum Gasteiger partial charge on any atom is -0.477 e. The first-order valence-corrected chi connectivity index (χ1v) is 13.0. The lowest BCUT2D eigenvalue weighted by molar-refractivity contribution is -0.263. The Balaban J connectivity index is 0.000000251.